The molecule has 0 fully saturated rings. The maximum absolute atomic E-state index is 11.3. The predicted octanol–water partition coefficient (Wildman–Crippen LogP) is 1.17. The van der Waals surface area contributed by atoms with E-state index in [2.05, 4.69) is 15.6 Å². The van der Waals surface area contributed by atoms with E-state index in [0.717, 1.165) is 17.7 Å². The highest BCUT2D eigenvalue weighted by atomic mass is 127. The molecule has 1 aliphatic heterocycles. The number of nitrogens with one attached hydrogen (secondary N) is 2. The van der Waals surface area contributed by atoms with Gasteiger partial charge >= 0.3 is 0 Å². The standard InChI is InChI=1S/C14H20N4O2.HI/c1-2-16-13(19)9-17-14(15)18-11-7-8-20-12-6-4-3-5-10(11)12;/h3-6,11H,2,7-9H2,1H3,(H,16,19)(H3,15,17,18);1H. The van der Waals surface area contributed by atoms with Crippen molar-refractivity contribution in [3.05, 3.63) is 29.8 Å². The zero-order valence-corrected chi connectivity index (χ0v) is 14.3. The smallest absolute Gasteiger partial charge is 0.241 e. The number of guanidine groups is 1. The number of nitrogens with two attached hydrogens (primary N) is 1. The van der Waals surface area contributed by atoms with E-state index in [1.165, 1.54) is 0 Å². The number of carbonyl (C=O) groups is 1. The van der Waals surface area contributed by atoms with Gasteiger partial charge in [0.05, 0.1) is 12.6 Å². The van der Waals surface area contributed by atoms with Crippen LogP contribution in [-0.4, -0.2) is 31.6 Å². The summed E-state index contributed by atoms with van der Waals surface area (Å²) in [5.74, 6) is 1.01. The van der Waals surface area contributed by atoms with Crippen LogP contribution in [0.2, 0.25) is 0 Å². The van der Waals surface area contributed by atoms with Crippen molar-refractivity contribution in [1.29, 1.82) is 0 Å². The molecule has 1 heterocycles. The van der Waals surface area contributed by atoms with E-state index in [1.54, 1.807) is 0 Å². The van der Waals surface area contributed by atoms with E-state index < -0.39 is 0 Å². The molecule has 1 unspecified atom stereocenters. The number of carbonyl (C=O) groups excluding carboxylic acids is 1. The number of ether oxygens (including phenoxy) is 1. The van der Waals surface area contributed by atoms with Crippen LogP contribution in [0.1, 0.15) is 24.9 Å². The molecule has 0 aromatic heterocycles. The number of aliphatic imine (C=N–C) groups is 1. The quantitative estimate of drug-likeness (QED) is 0.400. The normalized spacial score (nSPS) is 17.0. The Kier molecular flexibility index (Phi) is 7.27. The highest BCUT2D eigenvalue weighted by molar-refractivity contribution is 14.0. The summed E-state index contributed by atoms with van der Waals surface area (Å²) in [6.07, 6.45) is 0.814. The summed E-state index contributed by atoms with van der Waals surface area (Å²) in [6.45, 7) is 3.13. The Bertz CT molecular complexity index is 508. The second-order valence-electron chi connectivity index (χ2n) is 4.53. The molecule has 0 spiro atoms. The zero-order chi connectivity index (χ0) is 14.4. The van der Waals surface area contributed by atoms with Crippen molar-refractivity contribution in [2.45, 2.75) is 19.4 Å². The molecule has 1 atom stereocenters. The third-order valence-corrected chi connectivity index (χ3v) is 3.05. The third-order valence-electron chi connectivity index (χ3n) is 3.05. The van der Waals surface area contributed by atoms with E-state index in [-0.39, 0.29) is 48.4 Å². The summed E-state index contributed by atoms with van der Waals surface area (Å²) in [5, 5.41) is 5.81. The van der Waals surface area contributed by atoms with Gasteiger partial charge < -0.3 is 21.1 Å². The van der Waals surface area contributed by atoms with Gasteiger partial charge in [-0.25, -0.2) is 4.99 Å². The summed E-state index contributed by atoms with van der Waals surface area (Å²) < 4.78 is 5.58. The molecule has 6 nitrogen and oxygen atoms in total. The predicted molar refractivity (Wildman–Crippen MR) is 93.0 cm³/mol. The Morgan fingerprint density at radius 2 is 2.24 bits per heavy atom. The van der Waals surface area contributed by atoms with E-state index in [4.69, 9.17) is 10.5 Å². The number of fused-ring (bicyclic) bond motifs is 1. The fraction of sp³-hybridized carbons (Fsp3) is 0.429. The SMILES string of the molecule is CCNC(=O)CN=C(N)NC1CCOc2ccccc21.I. The second-order valence-corrected chi connectivity index (χ2v) is 4.53. The molecule has 1 amide bonds. The molecule has 1 aromatic rings. The van der Waals surface area contributed by atoms with Crippen molar-refractivity contribution in [3.63, 3.8) is 0 Å². The highest BCUT2D eigenvalue weighted by Crippen LogP contribution is 2.31. The fourth-order valence-electron chi connectivity index (χ4n) is 2.13. The maximum atomic E-state index is 11.3. The number of likely N-dealkylation sites (N-methyl/N-ethyl adjacent to an activating group) is 1. The molecule has 0 saturated carbocycles. The summed E-state index contributed by atoms with van der Waals surface area (Å²) in [4.78, 5) is 15.4. The molecule has 0 radical (unpaired) electrons. The first kappa shape index (κ1) is 17.5. The van der Waals surface area contributed by atoms with Crippen molar-refractivity contribution in [2.75, 3.05) is 19.7 Å². The molecular weight excluding hydrogens is 383 g/mol. The van der Waals surface area contributed by atoms with Crippen LogP contribution in [-0.2, 0) is 4.79 Å². The Morgan fingerprint density at radius 3 is 3.00 bits per heavy atom. The van der Waals surface area contributed by atoms with E-state index in [1.807, 2.05) is 31.2 Å². The van der Waals surface area contributed by atoms with Crippen molar-refractivity contribution < 1.29 is 9.53 Å². The Balaban J connectivity index is 0.00000220. The van der Waals surface area contributed by atoms with Gasteiger partial charge in [-0.05, 0) is 13.0 Å². The van der Waals surface area contributed by atoms with Gasteiger partial charge in [-0.3, -0.25) is 4.79 Å². The van der Waals surface area contributed by atoms with Crippen molar-refractivity contribution in [2.24, 2.45) is 10.7 Å². The van der Waals surface area contributed by atoms with Gasteiger partial charge in [0.15, 0.2) is 5.96 Å². The first-order chi connectivity index (χ1) is 9.70. The monoisotopic (exact) mass is 404 g/mol. The lowest BCUT2D eigenvalue weighted by Gasteiger charge is -2.26. The van der Waals surface area contributed by atoms with Crippen molar-refractivity contribution in [3.8, 4) is 5.75 Å². The van der Waals surface area contributed by atoms with Gasteiger partial charge in [-0.15, -0.1) is 24.0 Å². The minimum Gasteiger partial charge on any atom is -0.493 e. The van der Waals surface area contributed by atoms with Gasteiger partial charge in [0, 0.05) is 18.5 Å². The van der Waals surface area contributed by atoms with Crippen LogP contribution in [0.5, 0.6) is 5.75 Å². The van der Waals surface area contributed by atoms with Gasteiger partial charge in [-0.1, -0.05) is 18.2 Å². The molecule has 0 aliphatic carbocycles. The van der Waals surface area contributed by atoms with Gasteiger partial charge in [0.2, 0.25) is 5.91 Å². The van der Waals surface area contributed by atoms with Gasteiger partial charge in [0.25, 0.3) is 0 Å². The molecule has 116 valence electrons. The number of halogens is 1. The number of rotatable bonds is 4. The molecule has 21 heavy (non-hydrogen) atoms. The van der Waals surface area contributed by atoms with E-state index in [0.29, 0.717) is 13.2 Å². The molecule has 7 heteroatoms. The summed E-state index contributed by atoms with van der Waals surface area (Å²) in [7, 11) is 0. The number of hydrogen-bond acceptors (Lipinski definition) is 3. The summed E-state index contributed by atoms with van der Waals surface area (Å²) in [6, 6.07) is 7.91. The summed E-state index contributed by atoms with van der Waals surface area (Å²) >= 11 is 0. The van der Waals surface area contributed by atoms with E-state index in [9.17, 15) is 4.79 Å². The number of benzene rings is 1. The largest absolute Gasteiger partial charge is 0.493 e. The first-order valence-corrected chi connectivity index (χ1v) is 6.75. The Morgan fingerprint density at radius 1 is 1.48 bits per heavy atom. The molecule has 4 N–H and O–H groups in total. The first-order valence-electron chi connectivity index (χ1n) is 6.75. The number of hydrogen-bond donors (Lipinski definition) is 3. The maximum Gasteiger partial charge on any atom is 0.241 e. The van der Waals surface area contributed by atoms with Crippen LogP contribution in [0, 0.1) is 0 Å². The average Bonchev–Trinajstić information content (AvgIpc) is 2.46. The highest BCUT2D eigenvalue weighted by Gasteiger charge is 2.21. The Labute approximate surface area is 141 Å². The van der Waals surface area contributed by atoms with Crippen LogP contribution in [0.3, 0.4) is 0 Å². The van der Waals surface area contributed by atoms with Crippen molar-refractivity contribution in [1.82, 2.24) is 10.6 Å². The molecule has 0 saturated heterocycles. The number of para-hydroxylation sites is 1. The lowest BCUT2D eigenvalue weighted by Crippen LogP contribution is -2.38. The van der Waals surface area contributed by atoms with Crippen LogP contribution in [0.15, 0.2) is 29.3 Å². The molecular formula is C14H21IN4O2. The molecule has 1 aliphatic rings. The minimum absolute atomic E-state index is 0. The second kappa shape index (κ2) is 8.71. The van der Waals surface area contributed by atoms with Crippen LogP contribution >= 0.6 is 24.0 Å². The fourth-order valence-corrected chi connectivity index (χ4v) is 2.13. The van der Waals surface area contributed by atoms with Crippen LogP contribution < -0.4 is 21.1 Å². The molecule has 0 bridgehead atoms. The topological polar surface area (TPSA) is 88.7 Å². The lowest BCUT2D eigenvalue weighted by molar-refractivity contribution is -0.119. The lowest BCUT2D eigenvalue weighted by atomic mass is 10.0. The molecule has 1 aromatic carbocycles. The van der Waals surface area contributed by atoms with E-state index >= 15 is 0 Å². The number of nitrogens with zero attached hydrogens (tertiary/aromatic N) is 1. The van der Waals surface area contributed by atoms with Crippen LogP contribution in [0.25, 0.3) is 0 Å². The zero-order valence-electron chi connectivity index (χ0n) is 12.0. The van der Waals surface area contributed by atoms with Gasteiger partial charge in [-0.2, -0.15) is 0 Å². The molecule has 2 rings (SSSR count). The van der Waals surface area contributed by atoms with Crippen molar-refractivity contribution >= 4 is 35.8 Å². The summed E-state index contributed by atoms with van der Waals surface area (Å²) in [5.41, 5.74) is 6.89. The van der Waals surface area contributed by atoms with Crippen LogP contribution in [0.4, 0.5) is 0 Å². The third kappa shape index (κ3) is 5.07. The average molecular weight is 404 g/mol. The Hall–Kier alpha value is -1.51. The minimum atomic E-state index is -0.135. The number of amides is 1. The van der Waals surface area contributed by atoms with Gasteiger partial charge in [0.1, 0.15) is 12.3 Å².